The molecule has 0 fully saturated rings. The van der Waals surface area contributed by atoms with Crippen molar-refractivity contribution in [1.82, 2.24) is 0 Å². The summed E-state index contributed by atoms with van der Waals surface area (Å²) in [5, 5.41) is 0. The van der Waals surface area contributed by atoms with Crippen molar-refractivity contribution in [3.05, 3.63) is 315 Å². The van der Waals surface area contributed by atoms with Crippen LogP contribution in [0.3, 0.4) is 0 Å². The smallest absolute Gasteiger partial charge is 0.0462 e. The quantitative estimate of drug-likeness (QED) is 0.114. The van der Waals surface area contributed by atoms with Gasteiger partial charge in [-0.15, -0.1) is 0 Å². The fourth-order valence-electron chi connectivity index (χ4n) is 9.94. The summed E-state index contributed by atoms with van der Waals surface area (Å²) in [7, 11) is 0. The van der Waals surface area contributed by atoms with Gasteiger partial charge >= 0.3 is 0 Å². The highest BCUT2D eigenvalue weighted by molar-refractivity contribution is 5.83. The molecule has 0 bridgehead atoms. The van der Waals surface area contributed by atoms with Gasteiger partial charge in [-0.2, -0.15) is 0 Å². The summed E-state index contributed by atoms with van der Waals surface area (Å²) >= 11 is 0. The second kappa shape index (κ2) is 20.9. The molecule has 0 saturated carbocycles. The molecule has 0 aliphatic rings. The number of nitrogens with zero attached hydrogens (tertiary/aromatic N) is 2. The van der Waals surface area contributed by atoms with E-state index in [1.165, 1.54) is 77.9 Å². The number of hydrogen-bond donors (Lipinski definition) is 0. The average molecular weight is 945 g/mol. The monoisotopic (exact) mass is 944 g/mol. The number of anilines is 6. The van der Waals surface area contributed by atoms with Crippen molar-refractivity contribution < 1.29 is 0 Å². The average Bonchev–Trinajstić information content (AvgIpc) is 3.49. The molecule has 12 rings (SSSR count). The van der Waals surface area contributed by atoms with Crippen LogP contribution in [0.15, 0.2) is 315 Å². The van der Waals surface area contributed by atoms with Crippen LogP contribution in [0.2, 0.25) is 0 Å². The Morgan fingerprint density at radius 2 is 0.230 bits per heavy atom. The Kier molecular flexibility index (Phi) is 12.8. The zero-order valence-corrected chi connectivity index (χ0v) is 40.9. The Hall–Kier alpha value is -9.76. The van der Waals surface area contributed by atoms with Gasteiger partial charge in [-0.05, 0) is 151 Å². The maximum atomic E-state index is 2.34. The van der Waals surface area contributed by atoms with E-state index < -0.39 is 0 Å². The Morgan fingerprint density at radius 3 is 0.405 bits per heavy atom. The summed E-state index contributed by atoms with van der Waals surface area (Å²) < 4.78 is 0. The summed E-state index contributed by atoms with van der Waals surface area (Å²) in [4.78, 5) is 4.65. The van der Waals surface area contributed by atoms with E-state index in [0.717, 1.165) is 34.1 Å². The van der Waals surface area contributed by atoms with Crippen LogP contribution in [-0.2, 0) is 0 Å². The van der Waals surface area contributed by atoms with Gasteiger partial charge in [-0.25, -0.2) is 0 Å². The van der Waals surface area contributed by atoms with E-state index in [-0.39, 0.29) is 0 Å². The van der Waals surface area contributed by atoms with E-state index >= 15 is 0 Å². The molecule has 0 N–H and O–H groups in total. The summed E-state index contributed by atoms with van der Waals surface area (Å²) in [6.07, 6.45) is 0. The molecule has 0 aliphatic carbocycles. The molecular formula is C72H52N2. The van der Waals surface area contributed by atoms with Crippen molar-refractivity contribution in [2.45, 2.75) is 0 Å². The molecule has 2 nitrogen and oxygen atoms in total. The largest absolute Gasteiger partial charge is 0.311 e. The molecule has 0 saturated heterocycles. The van der Waals surface area contributed by atoms with Gasteiger partial charge < -0.3 is 9.80 Å². The molecule has 12 aromatic rings. The Balaban J connectivity index is 0.759. The van der Waals surface area contributed by atoms with Gasteiger partial charge in [0.2, 0.25) is 0 Å². The van der Waals surface area contributed by atoms with Crippen molar-refractivity contribution in [2.75, 3.05) is 9.80 Å². The second-order valence-electron chi connectivity index (χ2n) is 18.6. The minimum absolute atomic E-state index is 1.09. The topological polar surface area (TPSA) is 6.48 Å². The van der Waals surface area contributed by atoms with Crippen molar-refractivity contribution in [3.63, 3.8) is 0 Å². The molecule has 0 amide bonds. The van der Waals surface area contributed by atoms with Crippen molar-refractivity contribution >= 4 is 34.1 Å². The summed E-state index contributed by atoms with van der Waals surface area (Å²) in [5.74, 6) is 0. The third kappa shape index (κ3) is 9.81. The molecular weight excluding hydrogens is 893 g/mol. The van der Waals surface area contributed by atoms with E-state index in [1.807, 2.05) is 0 Å². The van der Waals surface area contributed by atoms with Crippen LogP contribution in [0, 0.1) is 0 Å². The third-order valence-corrected chi connectivity index (χ3v) is 14.0. The standard InChI is InChI=1S/C72H52N2/c1-5-13-53(14-6-1)56-21-23-59(24-22-56)65-39-49-71(50-40-65)74(70-45-35-63(36-46-70)55-17-9-3-10-18-55)72-51-41-66(42-52-72)61-31-27-58(28-32-61)57-25-29-60(30-26-57)64-37-47-69(48-38-64)73(67-19-11-4-12-20-67)68-43-33-62(34-44-68)54-15-7-2-8-16-54/h1-52H. The maximum Gasteiger partial charge on any atom is 0.0462 e. The lowest BCUT2D eigenvalue weighted by Gasteiger charge is -2.26. The Morgan fingerprint density at radius 1 is 0.108 bits per heavy atom. The van der Waals surface area contributed by atoms with Gasteiger partial charge in [0.25, 0.3) is 0 Å². The molecule has 74 heavy (non-hydrogen) atoms. The van der Waals surface area contributed by atoms with Crippen molar-refractivity contribution in [3.8, 4) is 77.9 Å². The number of hydrogen-bond acceptors (Lipinski definition) is 2. The molecule has 12 aromatic carbocycles. The van der Waals surface area contributed by atoms with Gasteiger partial charge in [-0.1, -0.05) is 243 Å². The molecule has 0 spiro atoms. The summed E-state index contributed by atoms with van der Waals surface area (Å²) in [6, 6.07) is 113. The lowest BCUT2D eigenvalue weighted by molar-refractivity contribution is 1.28. The fraction of sp³-hybridized carbons (Fsp3) is 0. The molecule has 0 aliphatic heterocycles. The zero-order valence-electron chi connectivity index (χ0n) is 40.9. The van der Waals surface area contributed by atoms with Gasteiger partial charge in [0.15, 0.2) is 0 Å². The van der Waals surface area contributed by atoms with Crippen LogP contribution in [-0.4, -0.2) is 0 Å². The first kappa shape index (κ1) is 45.4. The minimum Gasteiger partial charge on any atom is -0.311 e. The van der Waals surface area contributed by atoms with Gasteiger partial charge in [-0.3, -0.25) is 0 Å². The number of rotatable bonds is 13. The van der Waals surface area contributed by atoms with Crippen LogP contribution < -0.4 is 9.80 Å². The van der Waals surface area contributed by atoms with Crippen molar-refractivity contribution in [2.24, 2.45) is 0 Å². The predicted octanol–water partition coefficient (Wildman–Crippen LogP) is 20.3. The molecule has 350 valence electrons. The predicted molar refractivity (Wildman–Crippen MR) is 314 cm³/mol. The first-order chi connectivity index (χ1) is 36.7. The normalized spacial score (nSPS) is 11.0. The molecule has 0 heterocycles. The van der Waals surface area contributed by atoms with Gasteiger partial charge in [0.1, 0.15) is 0 Å². The molecule has 0 atom stereocenters. The van der Waals surface area contributed by atoms with Crippen LogP contribution in [0.1, 0.15) is 0 Å². The highest BCUT2D eigenvalue weighted by atomic mass is 15.1. The van der Waals surface area contributed by atoms with Crippen molar-refractivity contribution in [1.29, 1.82) is 0 Å². The minimum atomic E-state index is 1.09. The summed E-state index contributed by atoms with van der Waals surface area (Å²) in [5.41, 5.74) is 23.3. The molecule has 2 heteroatoms. The first-order valence-corrected chi connectivity index (χ1v) is 25.3. The van der Waals surface area contributed by atoms with E-state index in [0.29, 0.717) is 0 Å². The van der Waals surface area contributed by atoms with Crippen LogP contribution in [0.4, 0.5) is 34.1 Å². The zero-order chi connectivity index (χ0) is 49.5. The van der Waals surface area contributed by atoms with E-state index in [4.69, 9.17) is 0 Å². The fourth-order valence-corrected chi connectivity index (χ4v) is 9.94. The van der Waals surface area contributed by atoms with E-state index in [2.05, 4.69) is 325 Å². The van der Waals surface area contributed by atoms with Crippen LogP contribution in [0.5, 0.6) is 0 Å². The first-order valence-electron chi connectivity index (χ1n) is 25.3. The number of para-hydroxylation sites is 1. The molecule has 0 unspecified atom stereocenters. The van der Waals surface area contributed by atoms with Crippen LogP contribution in [0.25, 0.3) is 77.9 Å². The Bertz CT molecular complexity index is 3710. The molecule has 0 radical (unpaired) electrons. The lowest BCUT2D eigenvalue weighted by atomic mass is 9.97. The lowest BCUT2D eigenvalue weighted by Crippen LogP contribution is -2.09. The maximum absolute atomic E-state index is 2.34. The third-order valence-electron chi connectivity index (χ3n) is 14.0. The van der Waals surface area contributed by atoms with E-state index in [1.54, 1.807) is 0 Å². The van der Waals surface area contributed by atoms with Gasteiger partial charge in [0.05, 0.1) is 0 Å². The van der Waals surface area contributed by atoms with Crippen LogP contribution >= 0.6 is 0 Å². The highest BCUT2D eigenvalue weighted by Gasteiger charge is 2.16. The second-order valence-corrected chi connectivity index (χ2v) is 18.6. The van der Waals surface area contributed by atoms with E-state index in [9.17, 15) is 0 Å². The highest BCUT2D eigenvalue weighted by Crippen LogP contribution is 2.40. The summed E-state index contributed by atoms with van der Waals surface area (Å²) in [6.45, 7) is 0. The number of benzene rings is 12. The van der Waals surface area contributed by atoms with Gasteiger partial charge in [0, 0.05) is 34.1 Å². The Labute approximate surface area is 435 Å². The SMILES string of the molecule is c1ccc(-c2ccc(-c3ccc(N(c4ccc(-c5ccccc5)cc4)c4ccc(-c5ccc(-c6ccc(-c7ccc(N(c8ccccc8)c8ccc(-c9ccccc9)cc8)cc7)cc6)cc5)cc4)cc3)cc2)cc1. The molecule has 0 aromatic heterocycles.